The number of amides is 1. The molecule has 2 saturated heterocycles. The first kappa shape index (κ1) is 11.9. The molecule has 3 unspecified atom stereocenters. The van der Waals surface area contributed by atoms with Gasteiger partial charge in [-0.2, -0.15) is 5.26 Å². The molecule has 3 atom stereocenters. The summed E-state index contributed by atoms with van der Waals surface area (Å²) >= 11 is 0. The van der Waals surface area contributed by atoms with Gasteiger partial charge in [-0.05, 0) is 19.3 Å². The van der Waals surface area contributed by atoms with Gasteiger partial charge in [0.05, 0.1) is 18.5 Å². The summed E-state index contributed by atoms with van der Waals surface area (Å²) < 4.78 is 0. The first-order chi connectivity index (χ1) is 8.13. The Hall–Kier alpha value is -1.61. The van der Waals surface area contributed by atoms with E-state index < -0.39 is 5.97 Å². The van der Waals surface area contributed by atoms with Crippen molar-refractivity contribution < 1.29 is 14.7 Å². The fourth-order valence-corrected chi connectivity index (χ4v) is 2.97. The molecule has 6 heteroatoms. The number of hydrogen-bond acceptors (Lipinski definition) is 4. The summed E-state index contributed by atoms with van der Waals surface area (Å²) in [4.78, 5) is 24.5. The molecule has 2 heterocycles. The molecular formula is C11H15N3O3. The number of aliphatic carboxylic acids is 1. The normalized spacial score (nSPS) is 31.1. The van der Waals surface area contributed by atoms with E-state index in [1.165, 1.54) is 0 Å². The highest BCUT2D eigenvalue weighted by atomic mass is 16.4. The van der Waals surface area contributed by atoms with Crippen LogP contribution in [0.4, 0.5) is 0 Å². The van der Waals surface area contributed by atoms with Gasteiger partial charge >= 0.3 is 5.97 Å². The molecule has 92 valence electrons. The van der Waals surface area contributed by atoms with Crippen molar-refractivity contribution in [2.45, 2.75) is 31.3 Å². The maximum Gasteiger partial charge on any atom is 0.308 e. The topological polar surface area (TPSA) is 93.4 Å². The standard InChI is InChI=1S/C11H15N3O3/c12-3-4-13-10(15)6-14-7-1-2-9(14)8(5-7)11(16)17/h7-9H,1-2,4-6H2,(H,13,15)(H,16,17). The lowest BCUT2D eigenvalue weighted by molar-refractivity contribution is -0.143. The third-order valence-corrected chi connectivity index (χ3v) is 3.69. The average Bonchev–Trinajstić information content (AvgIpc) is 2.83. The molecule has 0 saturated carbocycles. The summed E-state index contributed by atoms with van der Waals surface area (Å²) in [6.07, 6.45) is 2.47. The Balaban J connectivity index is 1.93. The molecule has 2 aliphatic heterocycles. The number of nitrogens with one attached hydrogen (secondary N) is 1. The van der Waals surface area contributed by atoms with Crippen LogP contribution in [0.2, 0.25) is 0 Å². The number of carbonyl (C=O) groups excluding carboxylic acids is 1. The van der Waals surface area contributed by atoms with E-state index in [2.05, 4.69) is 5.32 Å². The van der Waals surface area contributed by atoms with Gasteiger partial charge in [0.25, 0.3) is 0 Å². The molecule has 2 bridgehead atoms. The number of carboxylic acid groups (broad SMARTS) is 1. The van der Waals surface area contributed by atoms with Crippen LogP contribution >= 0.6 is 0 Å². The second-order valence-corrected chi connectivity index (χ2v) is 4.59. The highest BCUT2D eigenvalue weighted by Gasteiger charge is 2.49. The number of rotatable bonds is 4. The third-order valence-electron chi connectivity index (χ3n) is 3.69. The predicted octanol–water partition coefficient (Wildman–Crippen LogP) is -0.436. The minimum absolute atomic E-state index is 0.00433. The van der Waals surface area contributed by atoms with Crippen molar-refractivity contribution in [3.63, 3.8) is 0 Å². The molecule has 2 aliphatic rings. The Bertz CT molecular complexity index is 377. The van der Waals surface area contributed by atoms with E-state index in [1.807, 2.05) is 11.0 Å². The van der Waals surface area contributed by atoms with Gasteiger partial charge in [0.1, 0.15) is 6.54 Å². The van der Waals surface area contributed by atoms with Crippen molar-refractivity contribution in [3.05, 3.63) is 0 Å². The molecule has 0 aromatic heterocycles. The first-order valence-electron chi connectivity index (χ1n) is 5.75. The minimum atomic E-state index is -0.764. The van der Waals surface area contributed by atoms with E-state index in [0.717, 1.165) is 12.8 Å². The van der Waals surface area contributed by atoms with Crippen LogP contribution in [-0.4, -0.2) is 47.1 Å². The van der Waals surface area contributed by atoms with E-state index in [9.17, 15) is 9.59 Å². The molecule has 2 fully saturated rings. The third kappa shape index (κ3) is 2.24. The first-order valence-corrected chi connectivity index (χ1v) is 5.75. The van der Waals surface area contributed by atoms with Crippen LogP contribution in [-0.2, 0) is 9.59 Å². The van der Waals surface area contributed by atoms with Crippen LogP contribution in [0.3, 0.4) is 0 Å². The molecule has 2 rings (SSSR count). The lowest BCUT2D eigenvalue weighted by atomic mass is 9.89. The summed E-state index contributed by atoms with van der Waals surface area (Å²) in [5.74, 6) is -1.30. The summed E-state index contributed by atoms with van der Waals surface area (Å²) in [6, 6.07) is 2.05. The lowest BCUT2D eigenvalue weighted by Gasteiger charge is -2.21. The molecule has 0 aromatic carbocycles. The van der Waals surface area contributed by atoms with Crippen LogP contribution in [0.15, 0.2) is 0 Å². The van der Waals surface area contributed by atoms with Crippen LogP contribution in [0.1, 0.15) is 19.3 Å². The quantitative estimate of drug-likeness (QED) is 0.647. The van der Waals surface area contributed by atoms with Crippen LogP contribution < -0.4 is 5.32 Å². The Labute approximate surface area is 99.2 Å². The summed E-state index contributed by atoms with van der Waals surface area (Å²) in [5, 5.41) is 19.9. The number of fused-ring (bicyclic) bond motifs is 2. The molecule has 0 aliphatic carbocycles. The number of hydrogen-bond donors (Lipinski definition) is 2. The molecule has 0 radical (unpaired) electrons. The fraction of sp³-hybridized carbons (Fsp3) is 0.727. The molecule has 1 amide bonds. The number of nitriles is 1. The summed E-state index contributed by atoms with van der Waals surface area (Å²) in [5.41, 5.74) is 0. The Morgan fingerprint density at radius 3 is 2.82 bits per heavy atom. The SMILES string of the molecule is N#CCNC(=O)CN1C2CCC1C(C(=O)O)C2. The van der Waals surface area contributed by atoms with Crippen molar-refractivity contribution in [2.24, 2.45) is 5.92 Å². The highest BCUT2D eigenvalue weighted by Crippen LogP contribution is 2.41. The maximum absolute atomic E-state index is 11.5. The van der Waals surface area contributed by atoms with Gasteiger partial charge in [-0.1, -0.05) is 0 Å². The van der Waals surface area contributed by atoms with Gasteiger partial charge in [0, 0.05) is 12.1 Å². The van der Waals surface area contributed by atoms with Crippen LogP contribution in [0.5, 0.6) is 0 Å². The highest BCUT2D eigenvalue weighted by molar-refractivity contribution is 5.79. The fourth-order valence-electron chi connectivity index (χ4n) is 2.97. The molecule has 17 heavy (non-hydrogen) atoms. The second-order valence-electron chi connectivity index (χ2n) is 4.59. The van der Waals surface area contributed by atoms with Gasteiger partial charge < -0.3 is 10.4 Å². The Kier molecular flexibility index (Phi) is 3.29. The van der Waals surface area contributed by atoms with E-state index in [1.54, 1.807) is 0 Å². The smallest absolute Gasteiger partial charge is 0.308 e. The van der Waals surface area contributed by atoms with Crippen molar-refractivity contribution in [1.29, 1.82) is 5.26 Å². The minimum Gasteiger partial charge on any atom is -0.481 e. The largest absolute Gasteiger partial charge is 0.481 e. The van der Waals surface area contributed by atoms with Crippen molar-refractivity contribution in [1.82, 2.24) is 10.2 Å². The number of carbonyl (C=O) groups is 2. The average molecular weight is 237 g/mol. The number of nitrogens with zero attached hydrogens (tertiary/aromatic N) is 2. The zero-order valence-electron chi connectivity index (χ0n) is 9.43. The molecule has 0 aromatic rings. The van der Waals surface area contributed by atoms with Gasteiger partial charge in [-0.15, -0.1) is 0 Å². The monoisotopic (exact) mass is 237 g/mol. The summed E-state index contributed by atoms with van der Waals surface area (Å²) in [7, 11) is 0. The molecule has 6 nitrogen and oxygen atoms in total. The number of carboxylic acids is 1. The van der Waals surface area contributed by atoms with Crippen LogP contribution in [0.25, 0.3) is 0 Å². The van der Waals surface area contributed by atoms with E-state index in [4.69, 9.17) is 10.4 Å². The van der Waals surface area contributed by atoms with E-state index in [-0.39, 0.29) is 37.0 Å². The zero-order valence-corrected chi connectivity index (χ0v) is 9.43. The van der Waals surface area contributed by atoms with E-state index >= 15 is 0 Å². The predicted molar refractivity (Wildman–Crippen MR) is 57.9 cm³/mol. The molecular weight excluding hydrogens is 222 g/mol. The van der Waals surface area contributed by atoms with Crippen molar-refractivity contribution in [2.75, 3.05) is 13.1 Å². The van der Waals surface area contributed by atoms with Gasteiger partial charge in [0.15, 0.2) is 0 Å². The maximum atomic E-state index is 11.5. The lowest BCUT2D eigenvalue weighted by Crippen LogP contribution is -2.41. The molecule has 2 N–H and O–H groups in total. The van der Waals surface area contributed by atoms with Gasteiger partial charge in [0.2, 0.25) is 5.91 Å². The Morgan fingerprint density at radius 1 is 1.47 bits per heavy atom. The van der Waals surface area contributed by atoms with Crippen molar-refractivity contribution in [3.8, 4) is 6.07 Å². The van der Waals surface area contributed by atoms with E-state index in [0.29, 0.717) is 6.42 Å². The van der Waals surface area contributed by atoms with Crippen molar-refractivity contribution >= 4 is 11.9 Å². The zero-order chi connectivity index (χ0) is 12.4. The van der Waals surface area contributed by atoms with Crippen LogP contribution in [0, 0.1) is 17.2 Å². The van der Waals surface area contributed by atoms with Gasteiger partial charge in [-0.3, -0.25) is 14.5 Å². The Morgan fingerprint density at radius 2 is 2.24 bits per heavy atom. The van der Waals surface area contributed by atoms with Gasteiger partial charge in [-0.25, -0.2) is 0 Å². The summed E-state index contributed by atoms with van der Waals surface area (Å²) in [6.45, 7) is 0.213. The second kappa shape index (κ2) is 4.72. The molecule has 0 spiro atoms.